The maximum absolute atomic E-state index is 10.9. The number of rotatable bonds is 2. The molecule has 14 heavy (non-hydrogen) atoms. The number of hydrogen-bond donors (Lipinski definition) is 0. The van der Waals surface area contributed by atoms with Crippen molar-refractivity contribution in [1.82, 2.24) is 0 Å². The van der Waals surface area contributed by atoms with E-state index in [-0.39, 0.29) is 5.92 Å². The molecular formula is C11H12O2S. The van der Waals surface area contributed by atoms with E-state index in [1.807, 2.05) is 24.4 Å². The van der Waals surface area contributed by atoms with E-state index in [0.29, 0.717) is 6.61 Å². The molecule has 1 aromatic rings. The van der Waals surface area contributed by atoms with Gasteiger partial charge in [0, 0.05) is 10.8 Å². The Labute approximate surface area is 87.9 Å². The van der Waals surface area contributed by atoms with Gasteiger partial charge in [-0.05, 0) is 25.3 Å². The zero-order valence-electron chi connectivity index (χ0n) is 8.24. The van der Waals surface area contributed by atoms with Crippen LogP contribution in [0.3, 0.4) is 0 Å². The smallest absolute Gasteiger partial charge is 0.384 e. The molecule has 0 aliphatic rings. The predicted molar refractivity (Wildman–Crippen MR) is 57.1 cm³/mol. The van der Waals surface area contributed by atoms with E-state index in [1.165, 1.54) is 4.88 Å². The molecule has 0 amide bonds. The number of ether oxygens (including phenoxy) is 1. The fraction of sp³-hybridized carbons (Fsp3) is 0.364. The lowest BCUT2D eigenvalue weighted by Gasteiger charge is -1.97. The van der Waals surface area contributed by atoms with Gasteiger partial charge in [0.15, 0.2) is 0 Å². The third-order valence-electron chi connectivity index (χ3n) is 1.64. The second-order valence-corrected chi connectivity index (χ2v) is 3.71. The average Bonchev–Trinajstić information content (AvgIpc) is 2.67. The van der Waals surface area contributed by atoms with E-state index in [9.17, 15) is 4.79 Å². The van der Waals surface area contributed by atoms with Crippen molar-refractivity contribution in [3.8, 4) is 11.8 Å². The molecule has 1 heterocycles. The third-order valence-corrected chi connectivity index (χ3v) is 2.69. The van der Waals surface area contributed by atoms with Crippen molar-refractivity contribution in [2.24, 2.45) is 0 Å². The molecule has 0 aliphatic heterocycles. The molecule has 1 unspecified atom stereocenters. The standard InChI is InChI=1S/C11H12O2S/c1-3-13-11(12)7-6-9(2)10-5-4-8-14-10/h4-5,8-9H,3H2,1-2H3. The fourth-order valence-corrected chi connectivity index (χ4v) is 1.68. The van der Waals surface area contributed by atoms with Gasteiger partial charge in [0.1, 0.15) is 0 Å². The number of hydrogen-bond acceptors (Lipinski definition) is 3. The zero-order chi connectivity index (χ0) is 10.4. The van der Waals surface area contributed by atoms with Crippen LogP contribution in [0.1, 0.15) is 24.6 Å². The summed E-state index contributed by atoms with van der Waals surface area (Å²) in [5, 5.41) is 2.00. The Morgan fingerprint density at radius 2 is 2.50 bits per heavy atom. The van der Waals surface area contributed by atoms with Crippen molar-refractivity contribution < 1.29 is 9.53 Å². The van der Waals surface area contributed by atoms with E-state index in [0.717, 1.165) is 0 Å². The highest BCUT2D eigenvalue weighted by atomic mass is 32.1. The van der Waals surface area contributed by atoms with Crippen LogP contribution in [0.15, 0.2) is 17.5 Å². The summed E-state index contributed by atoms with van der Waals surface area (Å²) in [6.07, 6.45) is 0. The maximum Gasteiger partial charge on any atom is 0.384 e. The molecule has 0 bridgehead atoms. The molecular weight excluding hydrogens is 196 g/mol. The van der Waals surface area contributed by atoms with Crippen molar-refractivity contribution in [3.05, 3.63) is 22.4 Å². The van der Waals surface area contributed by atoms with Crippen LogP contribution in [0.25, 0.3) is 0 Å². The summed E-state index contributed by atoms with van der Waals surface area (Å²) >= 11 is 1.64. The molecule has 0 aliphatic carbocycles. The summed E-state index contributed by atoms with van der Waals surface area (Å²) < 4.78 is 4.70. The van der Waals surface area contributed by atoms with E-state index >= 15 is 0 Å². The van der Waals surface area contributed by atoms with E-state index in [4.69, 9.17) is 4.74 Å². The Morgan fingerprint density at radius 1 is 1.71 bits per heavy atom. The summed E-state index contributed by atoms with van der Waals surface area (Å²) in [6, 6.07) is 3.98. The highest BCUT2D eigenvalue weighted by Crippen LogP contribution is 2.19. The first-order valence-corrected chi connectivity index (χ1v) is 5.33. The average molecular weight is 208 g/mol. The van der Waals surface area contributed by atoms with Gasteiger partial charge in [-0.2, -0.15) is 0 Å². The van der Waals surface area contributed by atoms with Crippen LogP contribution >= 0.6 is 11.3 Å². The van der Waals surface area contributed by atoms with Crippen LogP contribution in [0.2, 0.25) is 0 Å². The van der Waals surface area contributed by atoms with Crippen LogP contribution in [0.4, 0.5) is 0 Å². The van der Waals surface area contributed by atoms with Crippen LogP contribution in [0, 0.1) is 11.8 Å². The van der Waals surface area contributed by atoms with Crippen LogP contribution in [-0.4, -0.2) is 12.6 Å². The molecule has 0 aromatic carbocycles. The first-order chi connectivity index (χ1) is 6.74. The Hall–Kier alpha value is -1.27. The van der Waals surface area contributed by atoms with Gasteiger partial charge in [-0.25, -0.2) is 4.79 Å². The Kier molecular flexibility index (Phi) is 4.21. The van der Waals surface area contributed by atoms with Crippen molar-refractivity contribution >= 4 is 17.3 Å². The van der Waals surface area contributed by atoms with Crippen LogP contribution < -0.4 is 0 Å². The topological polar surface area (TPSA) is 26.3 Å². The molecule has 0 fully saturated rings. The Morgan fingerprint density at radius 3 is 3.07 bits per heavy atom. The summed E-state index contributed by atoms with van der Waals surface area (Å²) in [6.45, 7) is 4.11. The zero-order valence-corrected chi connectivity index (χ0v) is 9.06. The highest BCUT2D eigenvalue weighted by molar-refractivity contribution is 7.10. The van der Waals surface area contributed by atoms with Crippen LogP contribution in [0.5, 0.6) is 0 Å². The Balaban J connectivity index is 2.55. The van der Waals surface area contributed by atoms with Crippen molar-refractivity contribution in [1.29, 1.82) is 0 Å². The predicted octanol–water partition coefficient (Wildman–Crippen LogP) is 2.42. The van der Waals surface area contributed by atoms with E-state index in [1.54, 1.807) is 18.3 Å². The molecule has 3 heteroatoms. The SMILES string of the molecule is CCOC(=O)C#CC(C)c1cccs1. The number of carbonyl (C=O) groups is 1. The molecule has 2 nitrogen and oxygen atoms in total. The van der Waals surface area contributed by atoms with Crippen molar-refractivity contribution in [2.45, 2.75) is 19.8 Å². The third kappa shape index (κ3) is 3.23. The van der Waals surface area contributed by atoms with Crippen molar-refractivity contribution in [3.63, 3.8) is 0 Å². The molecule has 0 spiro atoms. The van der Waals surface area contributed by atoms with Gasteiger partial charge in [-0.15, -0.1) is 11.3 Å². The summed E-state index contributed by atoms with van der Waals surface area (Å²) in [4.78, 5) is 12.1. The molecule has 1 rings (SSSR count). The molecule has 0 saturated heterocycles. The van der Waals surface area contributed by atoms with Crippen LogP contribution in [-0.2, 0) is 9.53 Å². The van der Waals surface area contributed by atoms with E-state index < -0.39 is 5.97 Å². The van der Waals surface area contributed by atoms with Crippen molar-refractivity contribution in [2.75, 3.05) is 6.61 Å². The normalized spacial score (nSPS) is 11.3. The molecule has 1 atom stereocenters. The monoisotopic (exact) mass is 208 g/mol. The maximum atomic E-state index is 10.9. The van der Waals surface area contributed by atoms with E-state index in [2.05, 4.69) is 11.8 Å². The van der Waals surface area contributed by atoms with Gasteiger partial charge in [-0.1, -0.05) is 12.0 Å². The van der Waals surface area contributed by atoms with Gasteiger partial charge in [0.2, 0.25) is 0 Å². The van der Waals surface area contributed by atoms with Gasteiger partial charge in [-0.3, -0.25) is 0 Å². The molecule has 74 valence electrons. The highest BCUT2D eigenvalue weighted by Gasteiger charge is 2.02. The lowest BCUT2D eigenvalue weighted by molar-refractivity contribution is -0.136. The Bertz CT molecular complexity index is 343. The number of carbonyl (C=O) groups excluding carboxylic acids is 1. The molecule has 1 aromatic heterocycles. The van der Waals surface area contributed by atoms with Gasteiger partial charge < -0.3 is 4.74 Å². The minimum Gasteiger partial charge on any atom is -0.456 e. The lowest BCUT2D eigenvalue weighted by atomic mass is 10.1. The first-order valence-electron chi connectivity index (χ1n) is 4.45. The van der Waals surface area contributed by atoms with Gasteiger partial charge in [0.05, 0.1) is 12.5 Å². The largest absolute Gasteiger partial charge is 0.456 e. The summed E-state index contributed by atoms with van der Waals surface area (Å²) in [5.74, 6) is 4.97. The van der Waals surface area contributed by atoms with Gasteiger partial charge in [0.25, 0.3) is 0 Å². The first kappa shape index (κ1) is 10.8. The summed E-state index contributed by atoms with van der Waals surface area (Å²) in [5.41, 5.74) is 0. The second kappa shape index (κ2) is 5.46. The second-order valence-electron chi connectivity index (χ2n) is 2.73. The molecule has 0 saturated carbocycles. The minimum atomic E-state index is -0.448. The quantitative estimate of drug-likeness (QED) is 0.424. The lowest BCUT2D eigenvalue weighted by Crippen LogP contribution is -2.00. The number of esters is 1. The van der Waals surface area contributed by atoms with Gasteiger partial charge >= 0.3 is 5.97 Å². The molecule has 0 radical (unpaired) electrons. The fourth-order valence-electron chi connectivity index (χ4n) is 0.943. The minimum absolute atomic E-state index is 0.0967. The molecule has 0 N–H and O–H groups in total. The number of thiophene rings is 1. The summed E-state index contributed by atoms with van der Waals surface area (Å²) in [7, 11) is 0.